The quantitative estimate of drug-likeness (QED) is 0.0617. The number of nitrogens with zero attached hydrogens (tertiary/aromatic N) is 4. The van der Waals surface area contributed by atoms with Gasteiger partial charge in [0.05, 0.1) is 31.1 Å². The normalized spacial score (nSPS) is 13.3. The molecule has 2 unspecified atom stereocenters. The highest BCUT2D eigenvalue weighted by Crippen LogP contribution is 2.15. The van der Waals surface area contributed by atoms with Crippen LogP contribution >= 0.6 is 0 Å². The van der Waals surface area contributed by atoms with Gasteiger partial charge in [-0.2, -0.15) is 0 Å². The molecule has 228 valence electrons. The number of nitrogens with two attached hydrogens (primary N) is 3. The van der Waals surface area contributed by atoms with Crippen LogP contribution in [-0.2, 0) is 6.42 Å². The summed E-state index contributed by atoms with van der Waals surface area (Å²) in [7, 11) is 0. The summed E-state index contributed by atoms with van der Waals surface area (Å²) in [5.41, 5.74) is 18.7. The number of ether oxygens (including phenoxy) is 1. The number of unbranched alkanes of at least 4 members (excludes halogenated alkanes) is 1. The molecule has 2 aromatic rings. The lowest BCUT2D eigenvalue weighted by molar-refractivity contribution is 0.0605. The molecule has 0 saturated heterocycles. The summed E-state index contributed by atoms with van der Waals surface area (Å²) < 4.78 is 5.86. The van der Waals surface area contributed by atoms with Crippen molar-refractivity contribution < 1.29 is 30.0 Å². The minimum absolute atomic E-state index is 0.0279. The molecule has 2 atom stereocenters. The lowest BCUT2D eigenvalue weighted by Gasteiger charge is -2.24. The third kappa shape index (κ3) is 12.7. The van der Waals surface area contributed by atoms with Crippen LogP contribution < -0.4 is 27.3 Å². The molecule has 14 heteroatoms. The zero-order chi connectivity index (χ0) is 30.2. The van der Waals surface area contributed by atoms with Crippen molar-refractivity contribution >= 4 is 23.5 Å². The van der Waals surface area contributed by atoms with Crippen molar-refractivity contribution in [3.63, 3.8) is 0 Å². The Morgan fingerprint density at radius 3 is 2.24 bits per heavy atom. The zero-order valence-corrected chi connectivity index (χ0v) is 23.6. The van der Waals surface area contributed by atoms with Crippen LogP contribution in [0, 0.1) is 6.92 Å². The number of guanidine groups is 1. The average molecular weight is 577 g/mol. The Labute approximate surface area is 240 Å². The van der Waals surface area contributed by atoms with Gasteiger partial charge in [-0.05, 0) is 56.7 Å². The highest BCUT2D eigenvalue weighted by atomic mass is 16.5. The molecule has 0 radical (unpaired) electrons. The van der Waals surface area contributed by atoms with Crippen molar-refractivity contribution in [3.05, 3.63) is 41.2 Å². The van der Waals surface area contributed by atoms with Crippen molar-refractivity contribution in [1.29, 1.82) is 0 Å². The van der Waals surface area contributed by atoms with Crippen molar-refractivity contribution in [3.8, 4) is 5.75 Å². The molecule has 0 bridgehead atoms. The number of carbonyl (C=O) groups excluding carboxylic acids is 1. The van der Waals surface area contributed by atoms with Crippen LogP contribution in [0.4, 0.5) is 11.6 Å². The number of nitrogen functional groups attached to an aromatic ring is 2. The lowest BCUT2D eigenvalue weighted by Crippen LogP contribution is -2.38. The number of nitrogens with one attached hydrogen (secondary N) is 1. The van der Waals surface area contributed by atoms with Gasteiger partial charge in [-0.15, -0.1) is 0 Å². The zero-order valence-electron chi connectivity index (χ0n) is 23.6. The first-order valence-corrected chi connectivity index (χ1v) is 13.7. The fourth-order valence-electron chi connectivity index (χ4n) is 3.79. The molecule has 1 heterocycles. The molecular weight excluding hydrogens is 532 g/mol. The molecule has 0 saturated carbocycles. The van der Waals surface area contributed by atoms with Crippen LogP contribution in [0.3, 0.4) is 0 Å². The van der Waals surface area contributed by atoms with E-state index >= 15 is 0 Å². The van der Waals surface area contributed by atoms with E-state index in [9.17, 15) is 15.0 Å². The summed E-state index contributed by atoms with van der Waals surface area (Å²) >= 11 is 0. The van der Waals surface area contributed by atoms with E-state index in [4.69, 9.17) is 32.2 Å². The number of hydrogen-bond donors (Lipinski definition) is 8. The Morgan fingerprint density at radius 2 is 1.63 bits per heavy atom. The highest BCUT2D eigenvalue weighted by molar-refractivity contribution is 6.06. The molecule has 0 aliphatic rings. The number of rotatable bonds is 18. The number of aromatic nitrogens is 2. The lowest BCUT2D eigenvalue weighted by atomic mass is 10.1. The molecule has 11 N–H and O–H groups in total. The number of aliphatic hydroxyl groups excluding tert-OH is 4. The number of aryl methyl sites for hydroxylation is 2. The third-order valence-electron chi connectivity index (χ3n) is 6.32. The van der Waals surface area contributed by atoms with Gasteiger partial charge in [-0.25, -0.2) is 9.97 Å². The van der Waals surface area contributed by atoms with Gasteiger partial charge in [0, 0.05) is 26.2 Å². The topological polar surface area (TPSA) is 239 Å². The summed E-state index contributed by atoms with van der Waals surface area (Å²) in [6.07, 6.45) is 1.70. The minimum atomic E-state index is -0.793. The predicted molar refractivity (Wildman–Crippen MR) is 156 cm³/mol. The minimum Gasteiger partial charge on any atom is -0.492 e. The van der Waals surface area contributed by atoms with E-state index < -0.39 is 18.1 Å². The van der Waals surface area contributed by atoms with E-state index in [1.54, 1.807) is 6.92 Å². The van der Waals surface area contributed by atoms with E-state index in [2.05, 4.69) is 20.3 Å². The maximum Gasteiger partial charge on any atom is 0.280 e. The van der Waals surface area contributed by atoms with Crippen LogP contribution in [0.5, 0.6) is 5.75 Å². The maximum atomic E-state index is 12.3. The molecule has 1 aromatic carbocycles. The van der Waals surface area contributed by atoms with Crippen molar-refractivity contribution in [2.75, 3.05) is 57.5 Å². The van der Waals surface area contributed by atoms with Crippen molar-refractivity contribution in [2.45, 2.75) is 51.2 Å². The summed E-state index contributed by atoms with van der Waals surface area (Å²) in [6, 6.07) is 7.81. The van der Waals surface area contributed by atoms with Gasteiger partial charge in [0.25, 0.3) is 5.91 Å². The van der Waals surface area contributed by atoms with Gasteiger partial charge < -0.3 is 42.4 Å². The average Bonchev–Trinajstić information content (AvgIpc) is 2.96. The molecule has 0 aliphatic carbocycles. The monoisotopic (exact) mass is 576 g/mol. The Bertz CT molecular complexity index is 1090. The number of anilines is 2. The molecule has 0 fully saturated rings. The van der Waals surface area contributed by atoms with Crippen LogP contribution in [-0.4, -0.2) is 105 Å². The second kappa shape index (κ2) is 18.0. The van der Waals surface area contributed by atoms with E-state index in [0.717, 1.165) is 30.6 Å². The second-order valence-electron chi connectivity index (χ2n) is 9.69. The van der Waals surface area contributed by atoms with Crippen LogP contribution in [0.15, 0.2) is 29.3 Å². The van der Waals surface area contributed by atoms with Crippen LogP contribution in [0.2, 0.25) is 0 Å². The van der Waals surface area contributed by atoms with Crippen molar-refractivity contribution in [1.82, 2.24) is 20.2 Å². The predicted octanol–water partition coefficient (Wildman–Crippen LogP) is -0.816. The Kier molecular flexibility index (Phi) is 14.8. The molecular formula is C27H44N8O6. The first kappa shape index (κ1) is 33.6. The Balaban J connectivity index is 1.71. The third-order valence-corrected chi connectivity index (χ3v) is 6.32. The molecule has 14 nitrogen and oxygen atoms in total. The summed E-state index contributed by atoms with van der Waals surface area (Å²) in [6.45, 7) is 3.53. The molecule has 1 amide bonds. The van der Waals surface area contributed by atoms with Gasteiger partial charge in [-0.3, -0.25) is 20.0 Å². The molecule has 1 aromatic heterocycles. The van der Waals surface area contributed by atoms with E-state index in [0.29, 0.717) is 51.3 Å². The number of aliphatic hydroxyl groups is 4. The first-order chi connectivity index (χ1) is 19.6. The van der Waals surface area contributed by atoms with Gasteiger partial charge in [0.2, 0.25) is 0 Å². The van der Waals surface area contributed by atoms with Gasteiger partial charge in [0.1, 0.15) is 18.2 Å². The fourth-order valence-corrected chi connectivity index (χ4v) is 3.79. The van der Waals surface area contributed by atoms with Crippen LogP contribution in [0.25, 0.3) is 0 Å². The second-order valence-corrected chi connectivity index (χ2v) is 9.69. The number of aliphatic imine (C=N–C) groups is 1. The Hall–Kier alpha value is -3.56. The van der Waals surface area contributed by atoms with Gasteiger partial charge >= 0.3 is 0 Å². The van der Waals surface area contributed by atoms with Gasteiger partial charge in [0.15, 0.2) is 17.5 Å². The van der Waals surface area contributed by atoms with E-state index in [1.807, 2.05) is 29.2 Å². The Morgan fingerprint density at radius 1 is 1.00 bits per heavy atom. The maximum absolute atomic E-state index is 12.3. The molecule has 41 heavy (non-hydrogen) atoms. The molecule has 0 spiro atoms. The number of benzene rings is 1. The van der Waals surface area contributed by atoms with E-state index in [-0.39, 0.29) is 36.5 Å². The summed E-state index contributed by atoms with van der Waals surface area (Å²) in [4.78, 5) is 26.5. The SMILES string of the molecule is Cc1nc(C(=O)NC(N)=NCCCCc2ccc(OCCN(CCC(O)CO)CCC(O)CO)cc2)c(N)nc1N. The smallest absolute Gasteiger partial charge is 0.280 e. The standard InChI is InChI=1S/C27H44N8O6/c1-18-24(28)33-25(29)23(32-18)26(40)34-27(30)31-11-3-2-4-19-5-7-22(8-6-19)41-15-14-35(12-9-20(38)16-36)13-10-21(39)17-37/h5-8,20-21,36-39H,2-4,9-17H2,1H3,(H4,28,29,33)(H3,30,31,34,40). The molecule has 2 rings (SSSR count). The molecule has 0 aliphatic heterocycles. The number of amides is 1. The first-order valence-electron chi connectivity index (χ1n) is 13.7. The largest absolute Gasteiger partial charge is 0.492 e. The van der Waals surface area contributed by atoms with Gasteiger partial charge in [-0.1, -0.05) is 12.1 Å². The van der Waals surface area contributed by atoms with E-state index in [1.165, 1.54) is 0 Å². The van der Waals surface area contributed by atoms with Crippen molar-refractivity contribution in [2.24, 2.45) is 10.7 Å². The fraction of sp³-hybridized carbons (Fsp3) is 0.556. The summed E-state index contributed by atoms with van der Waals surface area (Å²) in [5.74, 6) is 0.178. The van der Waals surface area contributed by atoms with Crippen LogP contribution in [0.1, 0.15) is 47.4 Å². The number of carbonyl (C=O) groups is 1. The highest BCUT2D eigenvalue weighted by Gasteiger charge is 2.16. The summed E-state index contributed by atoms with van der Waals surface area (Å²) in [5, 5.41) is 39.8. The number of hydrogen-bond acceptors (Lipinski definition) is 12.